The Kier molecular flexibility index (Phi) is 5.64. The SMILES string of the molecule is O=C(CC1CCCCCC1)Nc1cc(Br)cnc1Cl. The molecule has 2 rings (SSSR count). The maximum atomic E-state index is 12.0. The van der Waals surface area contributed by atoms with Crippen molar-refractivity contribution in [2.45, 2.75) is 44.9 Å². The standard InChI is InChI=1S/C14H18BrClN2O/c15-11-8-12(14(16)17-9-11)18-13(19)7-10-5-3-1-2-4-6-10/h8-10H,1-7H2,(H,18,19). The lowest BCUT2D eigenvalue weighted by molar-refractivity contribution is -0.117. The third-order valence-electron chi connectivity index (χ3n) is 3.53. The number of hydrogen-bond acceptors (Lipinski definition) is 2. The first-order valence-corrected chi connectivity index (χ1v) is 7.93. The summed E-state index contributed by atoms with van der Waals surface area (Å²) in [6.45, 7) is 0. The highest BCUT2D eigenvalue weighted by Gasteiger charge is 2.17. The summed E-state index contributed by atoms with van der Waals surface area (Å²) >= 11 is 9.29. The first-order valence-electron chi connectivity index (χ1n) is 6.76. The van der Waals surface area contributed by atoms with Gasteiger partial charge in [-0.2, -0.15) is 0 Å². The Morgan fingerprint density at radius 3 is 2.74 bits per heavy atom. The summed E-state index contributed by atoms with van der Waals surface area (Å²) in [6, 6.07) is 1.78. The van der Waals surface area contributed by atoms with Crippen molar-refractivity contribution in [1.82, 2.24) is 4.98 Å². The number of amides is 1. The van der Waals surface area contributed by atoms with Gasteiger partial charge in [-0.15, -0.1) is 0 Å². The normalized spacial score (nSPS) is 16.9. The fraction of sp³-hybridized carbons (Fsp3) is 0.571. The maximum absolute atomic E-state index is 12.0. The second kappa shape index (κ2) is 7.25. The summed E-state index contributed by atoms with van der Waals surface area (Å²) in [5, 5.41) is 3.19. The molecule has 0 spiro atoms. The van der Waals surface area contributed by atoms with Crippen LogP contribution in [0.2, 0.25) is 5.15 Å². The van der Waals surface area contributed by atoms with Gasteiger partial charge in [-0.1, -0.05) is 37.3 Å². The molecule has 19 heavy (non-hydrogen) atoms. The van der Waals surface area contributed by atoms with Gasteiger partial charge in [0.25, 0.3) is 0 Å². The molecule has 0 bridgehead atoms. The van der Waals surface area contributed by atoms with Crippen molar-refractivity contribution in [3.8, 4) is 0 Å². The van der Waals surface area contributed by atoms with Crippen molar-refractivity contribution >= 4 is 39.1 Å². The van der Waals surface area contributed by atoms with E-state index in [1.165, 1.54) is 25.7 Å². The van der Waals surface area contributed by atoms with Crippen LogP contribution in [-0.4, -0.2) is 10.9 Å². The van der Waals surface area contributed by atoms with Crippen LogP contribution in [0, 0.1) is 5.92 Å². The summed E-state index contributed by atoms with van der Waals surface area (Å²) < 4.78 is 0.807. The highest BCUT2D eigenvalue weighted by atomic mass is 79.9. The van der Waals surface area contributed by atoms with E-state index in [1.807, 2.05) is 0 Å². The molecule has 0 saturated heterocycles. The summed E-state index contributed by atoms with van der Waals surface area (Å²) in [4.78, 5) is 16.0. The predicted molar refractivity (Wildman–Crippen MR) is 81.4 cm³/mol. The lowest BCUT2D eigenvalue weighted by Crippen LogP contribution is -2.16. The molecule has 1 saturated carbocycles. The minimum Gasteiger partial charge on any atom is -0.323 e. The lowest BCUT2D eigenvalue weighted by Gasteiger charge is -2.14. The Hall–Kier alpha value is -0.610. The van der Waals surface area contributed by atoms with Gasteiger partial charge in [-0.25, -0.2) is 4.98 Å². The van der Waals surface area contributed by atoms with Crippen molar-refractivity contribution in [2.24, 2.45) is 5.92 Å². The molecule has 0 radical (unpaired) electrons. The van der Waals surface area contributed by atoms with E-state index in [0.29, 0.717) is 23.2 Å². The van der Waals surface area contributed by atoms with Crippen LogP contribution in [0.3, 0.4) is 0 Å². The van der Waals surface area contributed by atoms with Crippen LogP contribution in [0.25, 0.3) is 0 Å². The zero-order valence-corrected chi connectivity index (χ0v) is 13.1. The number of anilines is 1. The maximum Gasteiger partial charge on any atom is 0.224 e. The molecule has 0 aliphatic heterocycles. The van der Waals surface area contributed by atoms with Crippen molar-refractivity contribution in [1.29, 1.82) is 0 Å². The van der Waals surface area contributed by atoms with E-state index in [9.17, 15) is 4.79 Å². The Morgan fingerprint density at radius 2 is 2.05 bits per heavy atom. The van der Waals surface area contributed by atoms with Gasteiger partial charge in [0.05, 0.1) is 5.69 Å². The number of carbonyl (C=O) groups excluding carboxylic acids is 1. The van der Waals surface area contributed by atoms with Crippen LogP contribution >= 0.6 is 27.5 Å². The van der Waals surface area contributed by atoms with Gasteiger partial charge in [0.15, 0.2) is 5.15 Å². The van der Waals surface area contributed by atoms with Crippen molar-refractivity contribution in [3.63, 3.8) is 0 Å². The van der Waals surface area contributed by atoms with Gasteiger partial charge in [0, 0.05) is 17.1 Å². The number of carbonyl (C=O) groups is 1. The summed E-state index contributed by atoms with van der Waals surface area (Å²) in [6.07, 6.45) is 9.63. The fourth-order valence-electron chi connectivity index (χ4n) is 2.54. The van der Waals surface area contributed by atoms with E-state index >= 15 is 0 Å². The predicted octanol–water partition coefficient (Wildman–Crippen LogP) is 4.80. The average molecular weight is 346 g/mol. The first kappa shape index (κ1) is 14.8. The molecule has 0 aromatic carbocycles. The van der Waals surface area contributed by atoms with Gasteiger partial charge in [0.1, 0.15) is 0 Å². The molecule has 1 aromatic rings. The molecule has 1 aliphatic carbocycles. The molecule has 5 heteroatoms. The molecule has 0 atom stereocenters. The number of nitrogens with one attached hydrogen (secondary N) is 1. The Bertz CT molecular complexity index is 445. The highest BCUT2D eigenvalue weighted by molar-refractivity contribution is 9.10. The molecule has 1 amide bonds. The number of pyridine rings is 1. The van der Waals surface area contributed by atoms with Crippen LogP contribution in [0.1, 0.15) is 44.9 Å². The quantitative estimate of drug-likeness (QED) is 0.632. The molecule has 104 valence electrons. The van der Waals surface area contributed by atoms with E-state index in [2.05, 4.69) is 26.2 Å². The number of nitrogens with zero attached hydrogens (tertiary/aromatic N) is 1. The molecular formula is C14H18BrClN2O. The van der Waals surface area contributed by atoms with Gasteiger partial charge in [-0.05, 0) is 40.8 Å². The third-order valence-corrected chi connectivity index (χ3v) is 4.26. The molecule has 1 fully saturated rings. The fourth-order valence-corrected chi connectivity index (χ4v) is 3.02. The van der Waals surface area contributed by atoms with Gasteiger partial charge < -0.3 is 5.32 Å². The molecular weight excluding hydrogens is 328 g/mol. The number of hydrogen-bond donors (Lipinski definition) is 1. The van der Waals surface area contributed by atoms with Crippen LogP contribution in [0.5, 0.6) is 0 Å². The second-order valence-corrected chi connectivity index (χ2v) is 6.38. The van der Waals surface area contributed by atoms with Crippen LogP contribution in [0.15, 0.2) is 16.7 Å². The largest absolute Gasteiger partial charge is 0.323 e. The average Bonchev–Trinajstić information content (AvgIpc) is 2.62. The highest BCUT2D eigenvalue weighted by Crippen LogP contribution is 2.27. The van der Waals surface area contributed by atoms with Crippen LogP contribution in [-0.2, 0) is 4.79 Å². The first-order chi connectivity index (χ1) is 9.15. The monoisotopic (exact) mass is 344 g/mol. The zero-order valence-electron chi connectivity index (χ0n) is 10.8. The summed E-state index contributed by atoms with van der Waals surface area (Å²) in [5.74, 6) is 0.551. The van der Waals surface area contributed by atoms with Crippen molar-refractivity contribution in [2.75, 3.05) is 5.32 Å². The van der Waals surface area contributed by atoms with Gasteiger partial charge >= 0.3 is 0 Å². The number of rotatable bonds is 3. The minimum atomic E-state index is 0.0358. The Balaban J connectivity index is 1.91. The van der Waals surface area contributed by atoms with Crippen LogP contribution < -0.4 is 5.32 Å². The van der Waals surface area contributed by atoms with Gasteiger partial charge in [-0.3, -0.25) is 4.79 Å². The van der Waals surface area contributed by atoms with Crippen LogP contribution in [0.4, 0.5) is 5.69 Å². The smallest absolute Gasteiger partial charge is 0.224 e. The molecule has 0 unspecified atom stereocenters. The molecule has 3 nitrogen and oxygen atoms in total. The third kappa shape index (κ3) is 4.77. The second-order valence-electron chi connectivity index (χ2n) is 5.10. The molecule has 1 aliphatic rings. The van der Waals surface area contributed by atoms with Crippen molar-refractivity contribution < 1.29 is 4.79 Å². The summed E-state index contributed by atoms with van der Waals surface area (Å²) in [7, 11) is 0. The van der Waals surface area contributed by atoms with E-state index in [0.717, 1.165) is 17.3 Å². The van der Waals surface area contributed by atoms with E-state index < -0.39 is 0 Å². The van der Waals surface area contributed by atoms with E-state index in [4.69, 9.17) is 11.6 Å². The number of halogens is 2. The van der Waals surface area contributed by atoms with Crippen molar-refractivity contribution in [3.05, 3.63) is 21.9 Å². The van der Waals surface area contributed by atoms with E-state index in [-0.39, 0.29) is 5.91 Å². The Morgan fingerprint density at radius 1 is 1.37 bits per heavy atom. The Labute approximate surface area is 127 Å². The number of aromatic nitrogens is 1. The molecule has 1 heterocycles. The molecule has 1 aromatic heterocycles. The van der Waals surface area contributed by atoms with Gasteiger partial charge in [0.2, 0.25) is 5.91 Å². The summed E-state index contributed by atoms with van der Waals surface area (Å²) in [5.41, 5.74) is 0.578. The molecule has 1 N–H and O–H groups in total. The minimum absolute atomic E-state index is 0.0358. The lowest BCUT2D eigenvalue weighted by atomic mass is 9.96. The zero-order chi connectivity index (χ0) is 13.7. The van der Waals surface area contributed by atoms with E-state index in [1.54, 1.807) is 12.3 Å². The topological polar surface area (TPSA) is 42.0 Å².